The van der Waals surface area contributed by atoms with E-state index in [1.807, 2.05) is 12.1 Å². The van der Waals surface area contributed by atoms with E-state index in [4.69, 9.17) is 23.4 Å². The summed E-state index contributed by atoms with van der Waals surface area (Å²) in [5.41, 5.74) is 21.2. The highest BCUT2D eigenvalue weighted by molar-refractivity contribution is 7.00. The first-order chi connectivity index (χ1) is 42.0. The van der Waals surface area contributed by atoms with Crippen LogP contribution in [0.4, 0.5) is 51.2 Å². The summed E-state index contributed by atoms with van der Waals surface area (Å²) in [4.78, 5) is 7.35. The molecule has 87 heavy (non-hydrogen) atoms. The van der Waals surface area contributed by atoms with Gasteiger partial charge in [-0.05, 0) is 174 Å². The molecule has 432 valence electrons. The van der Waals surface area contributed by atoms with Crippen molar-refractivity contribution in [3.8, 4) is 45.4 Å². The van der Waals surface area contributed by atoms with E-state index in [-0.39, 0.29) is 23.0 Å². The van der Waals surface area contributed by atoms with Crippen LogP contribution in [0.3, 0.4) is 0 Å². The lowest BCUT2D eigenvalue weighted by Gasteiger charge is -2.45. The molecule has 0 radical (unpaired) electrons. The maximum Gasteiger partial charge on any atom is 0.252 e. The summed E-state index contributed by atoms with van der Waals surface area (Å²) in [6, 6.07) is 74.2. The van der Waals surface area contributed by atoms with E-state index in [9.17, 15) is 0 Å². The number of furan rings is 1. The fourth-order valence-electron chi connectivity index (χ4n) is 13.3. The van der Waals surface area contributed by atoms with E-state index in [0.29, 0.717) is 26.4 Å². The highest BCUT2D eigenvalue weighted by Gasteiger charge is 2.45. The molecule has 0 saturated heterocycles. The van der Waals surface area contributed by atoms with Crippen molar-refractivity contribution in [2.24, 2.45) is 0 Å². The maximum absolute atomic E-state index is 6.49. The minimum Gasteiger partial charge on any atom is -0.490 e. The number of para-hydroxylation sites is 1. The zero-order valence-electron chi connectivity index (χ0n) is 51.3. The summed E-state index contributed by atoms with van der Waals surface area (Å²) in [5, 5.41) is 3.38. The largest absolute Gasteiger partial charge is 0.490 e. The molecule has 0 spiro atoms. The smallest absolute Gasteiger partial charge is 0.252 e. The van der Waals surface area contributed by atoms with Gasteiger partial charge in [0.15, 0.2) is 23.0 Å². The molecule has 4 aliphatic rings. The molecule has 0 bridgehead atoms. The molecule has 0 atom stereocenters. The van der Waals surface area contributed by atoms with Gasteiger partial charge in [0.25, 0.3) is 6.71 Å². The van der Waals surface area contributed by atoms with Crippen LogP contribution in [0, 0.1) is 0 Å². The van der Waals surface area contributed by atoms with E-state index in [0.717, 1.165) is 131 Å². The molecule has 11 aromatic rings. The average Bonchev–Trinajstić information content (AvgIpc) is 1.40. The average molecular weight is 1140 g/mol. The number of hydrogen-bond acceptors (Lipinski definition) is 8. The summed E-state index contributed by atoms with van der Waals surface area (Å²) in [6.07, 6.45) is 1.65. The summed E-state index contributed by atoms with van der Waals surface area (Å²) in [5.74, 6) is 3.91. The van der Waals surface area contributed by atoms with Crippen LogP contribution in [0.25, 0.3) is 44.2 Å². The molecule has 4 aliphatic heterocycles. The highest BCUT2D eigenvalue weighted by Crippen LogP contribution is 2.50. The van der Waals surface area contributed by atoms with Gasteiger partial charge in [0.2, 0.25) is 0 Å². The predicted octanol–water partition coefficient (Wildman–Crippen LogP) is 18.7. The normalized spacial score (nSPS) is 14.5. The van der Waals surface area contributed by atoms with E-state index < -0.39 is 0 Å². The van der Waals surface area contributed by atoms with Crippen molar-refractivity contribution in [3.63, 3.8) is 0 Å². The molecule has 0 aliphatic carbocycles. The molecule has 0 amide bonds. The fourth-order valence-corrected chi connectivity index (χ4v) is 13.3. The van der Waals surface area contributed by atoms with Crippen molar-refractivity contribution in [1.82, 2.24) is 0 Å². The summed E-state index contributed by atoms with van der Waals surface area (Å²) >= 11 is 0. The first-order valence-corrected chi connectivity index (χ1v) is 30.9. The topological polar surface area (TPSA) is 59.8 Å². The number of benzene rings is 10. The number of ether oxygens (including phenoxy) is 4. The molecule has 0 N–H and O–H groups in total. The second-order valence-corrected chi connectivity index (χ2v) is 27.0. The third kappa shape index (κ3) is 9.72. The number of rotatable bonds is 7. The first-order valence-electron chi connectivity index (χ1n) is 30.9. The second kappa shape index (κ2) is 20.7. The third-order valence-corrected chi connectivity index (χ3v) is 18.0. The van der Waals surface area contributed by atoms with Gasteiger partial charge in [0, 0.05) is 75.7 Å². The van der Waals surface area contributed by atoms with E-state index >= 15 is 0 Å². The van der Waals surface area contributed by atoms with Crippen LogP contribution in [-0.2, 0) is 16.2 Å². The van der Waals surface area contributed by atoms with Gasteiger partial charge in [-0.1, -0.05) is 147 Å². The summed E-state index contributed by atoms with van der Waals surface area (Å²) in [6.45, 7) is 23.0. The van der Waals surface area contributed by atoms with Gasteiger partial charge in [-0.15, -0.1) is 0 Å². The third-order valence-electron chi connectivity index (χ3n) is 18.0. The molecule has 0 unspecified atom stereocenters. The fraction of sp³-hybridized carbons (Fsp3) is 0.231. The van der Waals surface area contributed by atoms with Gasteiger partial charge in [-0.25, -0.2) is 0 Å². The Labute approximate surface area is 511 Å². The van der Waals surface area contributed by atoms with E-state index in [1.165, 1.54) is 33.1 Å². The minimum atomic E-state index is -0.105. The van der Waals surface area contributed by atoms with Gasteiger partial charge in [0.1, 0.15) is 11.3 Å². The minimum absolute atomic E-state index is 0.00270. The Morgan fingerprint density at radius 3 is 1.40 bits per heavy atom. The Morgan fingerprint density at radius 1 is 0.368 bits per heavy atom. The van der Waals surface area contributed by atoms with Gasteiger partial charge in [-0.3, -0.25) is 0 Å². The van der Waals surface area contributed by atoms with Gasteiger partial charge in [0.05, 0.1) is 37.8 Å². The number of anilines is 9. The van der Waals surface area contributed by atoms with E-state index in [1.54, 1.807) is 0 Å². The quantitative estimate of drug-likeness (QED) is 0.146. The zero-order valence-corrected chi connectivity index (χ0v) is 51.3. The van der Waals surface area contributed by atoms with Crippen LogP contribution in [0.5, 0.6) is 23.0 Å². The van der Waals surface area contributed by atoms with Crippen molar-refractivity contribution in [2.45, 2.75) is 91.4 Å². The molecule has 0 fully saturated rings. The Balaban J connectivity index is 0.925. The van der Waals surface area contributed by atoms with Crippen LogP contribution in [0.1, 0.15) is 91.8 Å². The lowest BCUT2D eigenvalue weighted by molar-refractivity contribution is 0.296. The monoisotopic (exact) mass is 1140 g/mol. The van der Waals surface area contributed by atoms with Crippen LogP contribution in [0.2, 0.25) is 0 Å². The Bertz CT molecular complexity index is 4320. The molecule has 9 heteroatoms. The van der Waals surface area contributed by atoms with Crippen molar-refractivity contribution in [3.05, 3.63) is 217 Å². The van der Waals surface area contributed by atoms with Crippen molar-refractivity contribution in [2.75, 3.05) is 41.1 Å². The van der Waals surface area contributed by atoms with Gasteiger partial charge < -0.3 is 38.1 Å². The molecule has 0 saturated carbocycles. The first kappa shape index (κ1) is 54.3. The molecule has 10 aromatic carbocycles. The molecule has 15 rings (SSSR count). The van der Waals surface area contributed by atoms with Crippen LogP contribution < -0.4 is 50.0 Å². The van der Waals surface area contributed by atoms with Crippen molar-refractivity contribution in [1.29, 1.82) is 0 Å². The molecular formula is C78H72BN3O5. The summed E-state index contributed by atoms with van der Waals surface area (Å²) < 4.78 is 31.9. The standard InChI is InChI=1S/C78H72BN3O5/c1-76(2,3)55-21-28-59(29-22-55)80(60-27-20-50-40-53(17-16-51(50)41-60)72-44-52-14-10-11-15-69(52)87-72)58-25-18-49(19-26-58)54-42-67-75-68(43-54)82(62-31-35-71-74(48-62)86-39-13-37-84-71)66-33-24-57(78(7,8)9)46-64(66)79(75)63-45-56(77(4,5)6)23-32-65(63)81(67)61-30-34-70-73(47-61)85-38-12-36-83-70/h10-11,14-35,40-48H,12-13,36-39H2,1-9H3. The van der Waals surface area contributed by atoms with Crippen molar-refractivity contribution >= 4 is 96.0 Å². The van der Waals surface area contributed by atoms with Gasteiger partial charge >= 0.3 is 0 Å². The number of fused-ring (bicyclic) bond motifs is 8. The van der Waals surface area contributed by atoms with Crippen LogP contribution in [0.15, 0.2) is 205 Å². The Morgan fingerprint density at radius 2 is 0.851 bits per heavy atom. The predicted molar refractivity (Wildman–Crippen MR) is 361 cm³/mol. The lowest BCUT2D eigenvalue weighted by atomic mass is 9.33. The second-order valence-electron chi connectivity index (χ2n) is 27.0. The Hall–Kier alpha value is -9.34. The molecule has 1 aromatic heterocycles. The zero-order chi connectivity index (χ0) is 59.5. The SMILES string of the molecule is CC(C)(C)c1ccc(N(c2ccc(-c3cc4c5c(c3)N(c3ccc6c(c3)OCCCO6)c3ccc(C(C)(C)C)cc3B5c3cc(C(C)(C)C)ccc3N4c3ccc4c(c3)OCCCO4)cc2)c2ccc3cc(-c4cc5ccccc5o4)ccc3c2)cc1. The maximum atomic E-state index is 6.49. The van der Waals surface area contributed by atoms with E-state index in [2.05, 4.69) is 265 Å². The van der Waals surface area contributed by atoms with Crippen molar-refractivity contribution < 1.29 is 23.4 Å². The van der Waals surface area contributed by atoms with Crippen LogP contribution in [-0.4, -0.2) is 33.1 Å². The lowest BCUT2D eigenvalue weighted by Crippen LogP contribution is -2.61. The molecular weight excluding hydrogens is 1070 g/mol. The number of hydrogen-bond donors (Lipinski definition) is 0. The summed E-state index contributed by atoms with van der Waals surface area (Å²) in [7, 11) is 0. The van der Waals surface area contributed by atoms with Gasteiger partial charge in [-0.2, -0.15) is 0 Å². The Kier molecular flexibility index (Phi) is 12.9. The molecule has 5 heterocycles. The van der Waals surface area contributed by atoms with Crippen LogP contribution >= 0.6 is 0 Å². The number of nitrogens with zero attached hydrogens (tertiary/aromatic N) is 3. The highest BCUT2D eigenvalue weighted by atomic mass is 16.5. The molecule has 8 nitrogen and oxygen atoms in total.